The van der Waals surface area contributed by atoms with E-state index in [9.17, 15) is 10.2 Å². The minimum atomic E-state index is -1.34. The quantitative estimate of drug-likeness (QED) is 0.0532. The van der Waals surface area contributed by atoms with E-state index in [2.05, 4.69) is 32.9 Å². The molecule has 0 aliphatic carbocycles. The first-order valence-electron chi connectivity index (χ1n) is 22.8. The molecular formula is C47H86O4. The van der Waals surface area contributed by atoms with E-state index in [4.69, 9.17) is 9.47 Å². The average Bonchev–Trinajstić information content (AvgIpc) is 3.61. The second-order valence-corrected chi connectivity index (χ2v) is 16.7. The zero-order valence-corrected chi connectivity index (χ0v) is 34.3. The summed E-state index contributed by atoms with van der Waals surface area (Å²) in [6, 6.07) is 6.25. The molecular weight excluding hydrogens is 629 g/mol. The maximum Gasteiger partial charge on any atom is 0.231 e. The molecule has 51 heavy (non-hydrogen) atoms. The topological polar surface area (TPSA) is 58.9 Å². The molecule has 0 spiro atoms. The summed E-state index contributed by atoms with van der Waals surface area (Å²) in [5.41, 5.74) is 0.575. The predicted octanol–water partition coefficient (Wildman–Crippen LogP) is 15.1. The number of hydrogen-bond donors (Lipinski definition) is 2. The van der Waals surface area contributed by atoms with Crippen LogP contribution in [0.4, 0.5) is 0 Å². The van der Waals surface area contributed by atoms with Crippen LogP contribution in [0.1, 0.15) is 251 Å². The summed E-state index contributed by atoms with van der Waals surface area (Å²) >= 11 is 0. The van der Waals surface area contributed by atoms with Gasteiger partial charge in [0.1, 0.15) is 0 Å². The second-order valence-electron chi connectivity index (χ2n) is 16.7. The Morgan fingerprint density at radius 1 is 0.490 bits per heavy atom. The molecule has 1 aromatic rings. The van der Waals surface area contributed by atoms with E-state index in [1.165, 1.54) is 193 Å². The maximum atomic E-state index is 10.9. The third-order valence-electron chi connectivity index (χ3n) is 12.1. The normalized spacial score (nSPS) is 14.4. The Hall–Kier alpha value is -1.26. The van der Waals surface area contributed by atoms with Crippen molar-refractivity contribution in [2.75, 3.05) is 6.79 Å². The monoisotopic (exact) mass is 715 g/mol. The van der Waals surface area contributed by atoms with Gasteiger partial charge in [-0.05, 0) is 36.5 Å². The minimum Gasteiger partial charge on any atom is -0.454 e. The molecule has 4 nitrogen and oxygen atoms in total. The van der Waals surface area contributed by atoms with Crippen LogP contribution in [0.15, 0.2) is 18.2 Å². The number of aliphatic hydroxyl groups excluding tert-OH is 1. The number of hydrogen-bond acceptors (Lipinski definition) is 4. The lowest BCUT2D eigenvalue weighted by Crippen LogP contribution is -2.38. The molecule has 1 aromatic carbocycles. The molecule has 0 aromatic heterocycles. The van der Waals surface area contributed by atoms with E-state index in [0.717, 1.165) is 42.7 Å². The summed E-state index contributed by atoms with van der Waals surface area (Å²) in [5, 5.41) is 21.7. The molecule has 1 heterocycles. The SMILES string of the molecule is CCCCCCCCCCCCCCCCCCC(c1ccc2c(c1)OCO2)C(C)(CCCCCCCCCCCCCCCCCC)C(O)O. The highest BCUT2D eigenvalue weighted by molar-refractivity contribution is 5.45. The van der Waals surface area contributed by atoms with Crippen molar-refractivity contribution in [3.05, 3.63) is 23.8 Å². The van der Waals surface area contributed by atoms with E-state index < -0.39 is 11.7 Å². The van der Waals surface area contributed by atoms with Gasteiger partial charge in [0, 0.05) is 5.41 Å². The van der Waals surface area contributed by atoms with Crippen LogP contribution >= 0.6 is 0 Å². The van der Waals surface area contributed by atoms with Gasteiger partial charge in [0.15, 0.2) is 17.8 Å². The number of rotatable bonds is 37. The highest BCUT2D eigenvalue weighted by Gasteiger charge is 2.40. The van der Waals surface area contributed by atoms with Crippen LogP contribution in [-0.2, 0) is 0 Å². The third-order valence-corrected chi connectivity index (χ3v) is 12.1. The van der Waals surface area contributed by atoms with Gasteiger partial charge in [-0.25, -0.2) is 0 Å². The van der Waals surface area contributed by atoms with Crippen molar-refractivity contribution in [3.63, 3.8) is 0 Å². The smallest absolute Gasteiger partial charge is 0.231 e. The van der Waals surface area contributed by atoms with Gasteiger partial charge < -0.3 is 19.7 Å². The van der Waals surface area contributed by atoms with E-state index in [-0.39, 0.29) is 12.7 Å². The number of aliphatic hydroxyl groups is 2. The van der Waals surface area contributed by atoms with Gasteiger partial charge in [0.05, 0.1) is 0 Å². The van der Waals surface area contributed by atoms with Crippen molar-refractivity contribution >= 4 is 0 Å². The van der Waals surface area contributed by atoms with Crippen LogP contribution in [0.25, 0.3) is 0 Å². The Morgan fingerprint density at radius 2 is 0.843 bits per heavy atom. The van der Waals surface area contributed by atoms with Crippen molar-refractivity contribution in [3.8, 4) is 11.5 Å². The Bertz CT molecular complexity index is 916. The van der Waals surface area contributed by atoms with Crippen LogP contribution < -0.4 is 9.47 Å². The van der Waals surface area contributed by atoms with Gasteiger partial charge in [0.25, 0.3) is 0 Å². The molecule has 0 fully saturated rings. The Balaban J connectivity index is 1.65. The zero-order valence-electron chi connectivity index (χ0n) is 34.3. The first kappa shape index (κ1) is 45.9. The molecule has 1 aliphatic heterocycles. The van der Waals surface area contributed by atoms with Gasteiger partial charge in [-0.15, -0.1) is 0 Å². The largest absolute Gasteiger partial charge is 0.454 e. The van der Waals surface area contributed by atoms with Crippen molar-refractivity contribution in [2.24, 2.45) is 5.41 Å². The molecule has 298 valence electrons. The lowest BCUT2D eigenvalue weighted by molar-refractivity contribution is -0.143. The van der Waals surface area contributed by atoms with Gasteiger partial charge in [-0.1, -0.05) is 232 Å². The average molecular weight is 715 g/mol. The third kappa shape index (κ3) is 21.3. The number of fused-ring (bicyclic) bond motifs is 1. The number of ether oxygens (including phenoxy) is 2. The van der Waals surface area contributed by atoms with Crippen molar-refractivity contribution < 1.29 is 19.7 Å². The Kier molecular flexibility index (Phi) is 28.0. The molecule has 2 N–H and O–H groups in total. The summed E-state index contributed by atoms with van der Waals surface area (Å²) in [6.07, 6.45) is 43.9. The van der Waals surface area contributed by atoms with E-state index in [0.29, 0.717) is 0 Å². The zero-order chi connectivity index (χ0) is 36.7. The number of unbranched alkanes of at least 4 members (excludes halogenated alkanes) is 30. The molecule has 4 heteroatoms. The highest BCUT2D eigenvalue weighted by Crippen LogP contribution is 2.47. The van der Waals surface area contributed by atoms with Crippen LogP contribution in [0, 0.1) is 5.41 Å². The van der Waals surface area contributed by atoms with Gasteiger partial charge in [0.2, 0.25) is 6.79 Å². The molecule has 0 amide bonds. The van der Waals surface area contributed by atoms with Crippen LogP contribution in [-0.4, -0.2) is 23.3 Å². The number of benzene rings is 1. The fraction of sp³-hybridized carbons (Fsp3) is 0.872. The lowest BCUT2D eigenvalue weighted by Gasteiger charge is -2.40. The summed E-state index contributed by atoms with van der Waals surface area (Å²) in [4.78, 5) is 0. The lowest BCUT2D eigenvalue weighted by atomic mass is 9.67. The second kappa shape index (κ2) is 31.1. The molecule has 0 saturated carbocycles. The first-order chi connectivity index (χ1) is 25.0. The minimum absolute atomic E-state index is 0.0787. The van der Waals surface area contributed by atoms with Crippen LogP contribution in [0.3, 0.4) is 0 Å². The highest BCUT2D eigenvalue weighted by atomic mass is 16.7. The summed E-state index contributed by atoms with van der Waals surface area (Å²) in [6.45, 7) is 6.97. The molecule has 2 rings (SSSR count). The van der Waals surface area contributed by atoms with Gasteiger partial charge in [-0.2, -0.15) is 0 Å². The Labute approximate surface area is 317 Å². The molecule has 0 saturated heterocycles. The van der Waals surface area contributed by atoms with Crippen LogP contribution in [0.2, 0.25) is 0 Å². The van der Waals surface area contributed by atoms with Crippen LogP contribution in [0.5, 0.6) is 11.5 Å². The Morgan fingerprint density at radius 3 is 1.24 bits per heavy atom. The molecule has 1 aliphatic rings. The fourth-order valence-electron chi connectivity index (χ4n) is 8.44. The first-order valence-corrected chi connectivity index (χ1v) is 22.8. The molecule has 0 bridgehead atoms. The van der Waals surface area contributed by atoms with Crippen molar-refractivity contribution in [1.82, 2.24) is 0 Å². The maximum absolute atomic E-state index is 10.9. The molecule has 2 atom stereocenters. The van der Waals surface area contributed by atoms with E-state index >= 15 is 0 Å². The summed E-state index contributed by atoms with van der Waals surface area (Å²) in [7, 11) is 0. The standard InChI is InChI=1S/C47H86O4/c1-4-6-8-10-12-14-16-18-20-22-24-26-28-30-32-34-36-43(42-37-38-44-45(40-42)51-41-50-44)47(3,46(48)49)39-35-33-31-29-27-25-23-21-19-17-15-13-11-9-7-5-2/h37-38,40,43,46,48-49H,4-36,39,41H2,1-3H3. The molecule has 2 unspecified atom stereocenters. The molecule has 0 radical (unpaired) electrons. The van der Waals surface area contributed by atoms with E-state index in [1.807, 2.05) is 6.07 Å². The van der Waals surface area contributed by atoms with E-state index in [1.54, 1.807) is 0 Å². The van der Waals surface area contributed by atoms with Gasteiger partial charge >= 0.3 is 0 Å². The van der Waals surface area contributed by atoms with Crippen molar-refractivity contribution in [1.29, 1.82) is 0 Å². The summed E-state index contributed by atoms with van der Waals surface area (Å²) < 4.78 is 11.3. The fourth-order valence-corrected chi connectivity index (χ4v) is 8.44. The van der Waals surface area contributed by atoms with Crippen molar-refractivity contribution in [2.45, 2.75) is 251 Å². The predicted molar refractivity (Wildman–Crippen MR) is 220 cm³/mol. The van der Waals surface area contributed by atoms with Gasteiger partial charge in [-0.3, -0.25) is 0 Å². The summed E-state index contributed by atoms with van der Waals surface area (Å²) in [5.74, 6) is 1.67.